The van der Waals surface area contributed by atoms with Crippen LogP contribution in [-0.2, 0) is 5.75 Å². The van der Waals surface area contributed by atoms with E-state index in [-0.39, 0.29) is 5.82 Å². The number of anilines is 1. The average molecular weight is 272 g/mol. The monoisotopic (exact) mass is 272 g/mol. The molecule has 0 spiro atoms. The zero-order chi connectivity index (χ0) is 13.8. The predicted octanol–water partition coefficient (Wildman–Crippen LogP) is 3.88. The predicted molar refractivity (Wildman–Crippen MR) is 76.3 cm³/mol. The molecule has 0 amide bonds. The molecular formula is C15H13FN2S. The fraction of sp³-hybridized carbons (Fsp3) is 0.133. The standard InChI is InChI=1S/C15H13FN2S/c1-10-2-4-13(18)7-15(10)19-9-12-6-11(8-17)3-5-14(12)16/h2-7H,9,18H2,1H3. The second-order valence-electron chi connectivity index (χ2n) is 4.23. The first-order chi connectivity index (χ1) is 9.10. The number of hydrogen-bond donors (Lipinski definition) is 1. The molecule has 19 heavy (non-hydrogen) atoms. The third kappa shape index (κ3) is 3.27. The van der Waals surface area contributed by atoms with Crippen LogP contribution in [0.5, 0.6) is 0 Å². The number of nitriles is 1. The van der Waals surface area contributed by atoms with Crippen LogP contribution in [0.2, 0.25) is 0 Å². The second-order valence-corrected chi connectivity index (χ2v) is 5.25. The van der Waals surface area contributed by atoms with E-state index < -0.39 is 0 Å². The van der Waals surface area contributed by atoms with Crippen molar-refractivity contribution in [2.75, 3.05) is 5.73 Å². The molecule has 2 rings (SSSR count). The van der Waals surface area contributed by atoms with Crippen molar-refractivity contribution in [3.8, 4) is 6.07 Å². The van der Waals surface area contributed by atoms with Gasteiger partial charge in [0, 0.05) is 16.3 Å². The van der Waals surface area contributed by atoms with Crippen molar-refractivity contribution in [3.63, 3.8) is 0 Å². The fourth-order valence-corrected chi connectivity index (χ4v) is 2.73. The topological polar surface area (TPSA) is 49.8 Å². The lowest BCUT2D eigenvalue weighted by Crippen LogP contribution is -1.91. The van der Waals surface area contributed by atoms with Crippen LogP contribution < -0.4 is 5.73 Å². The summed E-state index contributed by atoms with van der Waals surface area (Å²) in [6.45, 7) is 1.99. The van der Waals surface area contributed by atoms with Gasteiger partial charge in [-0.15, -0.1) is 11.8 Å². The highest BCUT2D eigenvalue weighted by molar-refractivity contribution is 7.98. The van der Waals surface area contributed by atoms with Gasteiger partial charge in [-0.3, -0.25) is 0 Å². The van der Waals surface area contributed by atoms with Gasteiger partial charge in [0.2, 0.25) is 0 Å². The molecule has 2 aromatic rings. The molecule has 0 saturated carbocycles. The number of benzene rings is 2. The SMILES string of the molecule is Cc1ccc(N)cc1SCc1cc(C#N)ccc1F. The zero-order valence-electron chi connectivity index (χ0n) is 10.5. The van der Waals surface area contributed by atoms with Gasteiger partial charge in [-0.05, 0) is 48.4 Å². The maximum atomic E-state index is 13.6. The van der Waals surface area contributed by atoms with Gasteiger partial charge in [-0.25, -0.2) is 4.39 Å². The molecule has 0 aliphatic heterocycles. The first kappa shape index (κ1) is 13.4. The van der Waals surface area contributed by atoms with E-state index in [9.17, 15) is 4.39 Å². The Hall–Kier alpha value is -1.99. The summed E-state index contributed by atoms with van der Waals surface area (Å²) in [5, 5.41) is 8.82. The lowest BCUT2D eigenvalue weighted by atomic mass is 10.1. The average Bonchev–Trinajstić information content (AvgIpc) is 2.41. The van der Waals surface area contributed by atoms with Crippen molar-refractivity contribution in [1.29, 1.82) is 5.26 Å². The van der Waals surface area contributed by atoms with E-state index >= 15 is 0 Å². The molecule has 0 saturated heterocycles. The maximum Gasteiger partial charge on any atom is 0.127 e. The number of nitrogens with zero attached hydrogens (tertiary/aromatic N) is 1. The second kappa shape index (κ2) is 5.77. The van der Waals surface area contributed by atoms with E-state index in [0.29, 0.717) is 22.6 Å². The Bertz CT molecular complexity index is 647. The number of nitrogens with two attached hydrogens (primary N) is 1. The molecule has 0 atom stereocenters. The minimum Gasteiger partial charge on any atom is -0.399 e. The summed E-state index contributed by atoms with van der Waals surface area (Å²) in [6, 6.07) is 12.1. The van der Waals surface area contributed by atoms with Crippen LogP contribution in [-0.4, -0.2) is 0 Å². The Morgan fingerprint density at radius 2 is 2.05 bits per heavy atom. The van der Waals surface area contributed by atoms with Gasteiger partial charge < -0.3 is 5.73 Å². The lowest BCUT2D eigenvalue weighted by molar-refractivity contribution is 0.617. The number of rotatable bonds is 3. The zero-order valence-corrected chi connectivity index (χ0v) is 11.3. The van der Waals surface area contributed by atoms with Crippen molar-refractivity contribution in [2.24, 2.45) is 0 Å². The van der Waals surface area contributed by atoms with Crippen LogP contribution in [0.25, 0.3) is 0 Å². The van der Waals surface area contributed by atoms with Gasteiger partial charge >= 0.3 is 0 Å². The molecule has 0 unspecified atom stereocenters. The van der Waals surface area contributed by atoms with Gasteiger partial charge in [-0.2, -0.15) is 5.26 Å². The molecule has 2 nitrogen and oxygen atoms in total. The van der Waals surface area contributed by atoms with Crippen LogP contribution >= 0.6 is 11.8 Å². The van der Waals surface area contributed by atoms with E-state index in [1.165, 1.54) is 23.9 Å². The molecule has 96 valence electrons. The minimum absolute atomic E-state index is 0.284. The van der Waals surface area contributed by atoms with E-state index in [2.05, 4.69) is 0 Å². The Morgan fingerprint density at radius 3 is 2.79 bits per heavy atom. The highest BCUT2D eigenvalue weighted by atomic mass is 32.2. The molecule has 0 aliphatic carbocycles. The molecule has 0 aliphatic rings. The van der Waals surface area contributed by atoms with Crippen LogP contribution in [0.4, 0.5) is 10.1 Å². The van der Waals surface area contributed by atoms with Crippen LogP contribution in [0, 0.1) is 24.1 Å². The smallest absolute Gasteiger partial charge is 0.127 e. The summed E-state index contributed by atoms with van der Waals surface area (Å²) in [5.74, 6) is 0.194. The molecule has 0 radical (unpaired) electrons. The Labute approximate surface area is 116 Å². The van der Waals surface area contributed by atoms with Crippen LogP contribution in [0.15, 0.2) is 41.3 Å². The first-order valence-electron chi connectivity index (χ1n) is 5.77. The summed E-state index contributed by atoms with van der Waals surface area (Å²) in [5.41, 5.74) is 8.55. The minimum atomic E-state index is -0.284. The largest absolute Gasteiger partial charge is 0.399 e. The molecule has 0 fully saturated rings. The van der Waals surface area contributed by atoms with E-state index in [1.54, 1.807) is 6.07 Å². The van der Waals surface area contributed by atoms with Gasteiger partial charge in [0.15, 0.2) is 0 Å². The van der Waals surface area contributed by atoms with Crippen molar-refractivity contribution in [1.82, 2.24) is 0 Å². The van der Waals surface area contributed by atoms with Crippen molar-refractivity contribution >= 4 is 17.4 Å². The summed E-state index contributed by atoms with van der Waals surface area (Å²) in [7, 11) is 0. The number of nitrogen functional groups attached to an aromatic ring is 1. The molecular weight excluding hydrogens is 259 g/mol. The lowest BCUT2D eigenvalue weighted by Gasteiger charge is -2.07. The number of aryl methyl sites for hydroxylation is 1. The van der Waals surface area contributed by atoms with Crippen molar-refractivity contribution in [2.45, 2.75) is 17.6 Å². The molecule has 2 aromatic carbocycles. The number of halogens is 1. The highest BCUT2D eigenvalue weighted by Gasteiger charge is 2.06. The summed E-state index contributed by atoms with van der Waals surface area (Å²) in [4.78, 5) is 1.03. The van der Waals surface area contributed by atoms with Crippen molar-refractivity contribution < 1.29 is 4.39 Å². The Kier molecular flexibility index (Phi) is 4.08. The highest BCUT2D eigenvalue weighted by Crippen LogP contribution is 2.28. The Balaban J connectivity index is 2.19. The van der Waals surface area contributed by atoms with Crippen LogP contribution in [0.3, 0.4) is 0 Å². The maximum absolute atomic E-state index is 13.6. The summed E-state index contributed by atoms with van der Waals surface area (Å²) < 4.78 is 13.6. The van der Waals surface area contributed by atoms with E-state index in [4.69, 9.17) is 11.0 Å². The van der Waals surface area contributed by atoms with Gasteiger partial charge in [0.05, 0.1) is 11.6 Å². The number of hydrogen-bond acceptors (Lipinski definition) is 3. The van der Waals surface area contributed by atoms with Crippen molar-refractivity contribution in [3.05, 3.63) is 58.9 Å². The molecule has 0 aromatic heterocycles. The molecule has 4 heteroatoms. The third-order valence-electron chi connectivity index (χ3n) is 2.77. The number of thioether (sulfide) groups is 1. The quantitative estimate of drug-likeness (QED) is 0.681. The Morgan fingerprint density at radius 1 is 1.26 bits per heavy atom. The van der Waals surface area contributed by atoms with Gasteiger partial charge in [-0.1, -0.05) is 6.07 Å². The van der Waals surface area contributed by atoms with Gasteiger partial charge in [0.25, 0.3) is 0 Å². The molecule has 2 N–H and O–H groups in total. The normalized spacial score (nSPS) is 10.2. The molecule has 0 bridgehead atoms. The third-order valence-corrected chi connectivity index (χ3v) is 3.98. The van der Waals surface area contributed by atoms with Crippen LogP contribution in [0.1, 0.15) is 16.7 Å². The van der Waals surface area contributed by atoms with E-state index in [0.717, 1.165) is 10.5 Å². The molecule has 0 heterocycles. The summed E-state index contributed by atoms with van der Waals surface area (Å²) in [6.07, 6.45) is 0. The van der Waals surface area contributed by atoms with E-state index in [1.807, 2.05) is 31.2 Å². The first-order valence-corrected chi connectivity index (χ1v) is 6.76. The van der Waals surface area contributed by atoms with Gasteiger partial charge in [0.1, 0.15) is 5.82 Å². The summed E-state index contributed by atoms with van der Waals surface area (Å²) >= 11 is 1.52. The fourth-order valence-electron chi connectivity index (χ4n) is 1.68.